The summed E-state index contributed by atoms with van der Waals surface area (Å²) in [4.78, 5) is 10.8. The van der Waals surface area contributed by atoms with Gasteiger partial charge in [-0.3, -0.25) is 4.57 Å². The first-order chi connectivity index (χ1) is 22.8. The van der Waals surface area contributed by atoms with Crippen molar-refractivity contribution < 1.29 is 8.83 Å². The molecule has 0 radical (unpaired) electrons. The van der Waals surface area contributed by atoms with E-state index in [9.17, 15) is 0 Å². The normalized spacial score (nSPS) is 12.3. The van der Waals surface area contributed by atoms with E-state index in [0.29, 0.717) is 5.95 Å². The van der Waals surface area contributed by atoms with E-state index in [1.54, 1.807) is 11.3 Å². The third-order valence-electron chi connectivity index (χ3n) is 9.25. The van der Waals surface area contributed by atoms with Gasteiger partial charge in [0.25, 0.3) is 0 Å². The van der Waals surface area contributed by atoms with E-state index in [-0.39, 0.29) is 0 Å². The highest BCUT2D eigenvalue weighted by Gasteiger charge is 2.23. The minimum Gasteiger partial charge on any atom is -0.456 e. The summed E-state index contributed by atoms with van der Waals surface area (Å²) in [5, 5.41) is 7.60. The summed E-state index contributed by atoms with van der Waals surface area (Å²) in [6.07, 6.45) is 0. The monoisotopic (exact) mass is 607 g/mol. The molecule has 46 heavy (non-hydrogen) atoms. The second kappa shape index (κ2) is 8.81. The molecule has 5 nitrogen and oxygen atoms in total. The second-order valence-corrected chi connectivity index (χ2v) is 12.8. The average molecular weight is 608 g/mol. The van der Waals surface area contributed by atoms with Crippen LogP contribution in [-0.2, 0) is 0 Å². The van der Waals surface area contributed by atoms with Gasteiger partial charge in [0, 0.05) is 42.6 Å². The average Bonchev–Trinajstić information content (AvgIpc) is 3.86. The van der Waals surface area contributed by atoms with Crippen LogP contribution in [0.15, 0.2) is 136 Å². The number of benzene rings is 6. The fourth-order valence-corrected chi connectivity index (χ4v) is 8.43. The molecule has 0 bridgehead atoms. The summed E-state index contributed by atoms with van der Waals surface area (Å²) in [6.45, 7) is 0. The molecule has 0 atom stereocenters. The topological polar surface area (TPSA) is 57.0 Å². The molecule has 0 aliphatic heterocycles. The van der Waals surface area contributed by atoms with Crippen molar-refractivity contribution in [1.29, 1.82) is 0 Å². The van der Waals surface area contributed by atoms with Crippen LogP contribution in [0.5, 0.6) is 0 Å². The fraction of sp³-hybridized carbons (Fsp3) is 0. The van der Waals surface area contributed by atoms with Gasteiger partial charge in [-0.2, -0.15) is 0 Å². The van der Waals surface area contributed by atoms with Crippen LogP contribution in [0.4, 0.5) is 0 Å². The molecule has 11 aromatic rings. The summed E-state index contributed by atoms with van der Waals surface area (Å²) in [5.41, 5.74) is 8.34. The maximum atomic E-state index is 6.68. The Bertz CT molecular complexity index is 3000. The largest absolute Gasteiger partial charge is 0.456 e. The summed E-state index contributed by atoms with van der Waals surface area (Å²) in [5.74, 6) is 0.650. The van der Waals surface area contributed by atoms with Crippen molar-refractivity contribution in [1.82, 2.24) is 14.5 Å². The highest BCUT2D eigenvalue weighted by molar-refractivity contribution is 7.26. The number of hydrogen-bond donors (Lipinski definition) is 0. The summed E-state index contributed by atoms with van der Waals surface area (Å²) in [7, 11) is 0. The highest BCUT2D eigenvalue weighted by Crippen LogP contribution is 2.45. The van der Waals surface area contributed by atoms with Crippen LogP contribution in [0.25, 0.3) is 103 Å². The van der Waals surface area contributed by atoms with Gasteiger partial charge in [0.2, 0.25) is 5.95 Å². The molecular formula is C40H21N3O2S. The smallest absolute Gasteiger partial charge is 0.235 e. The minimum atomic E-state index is 0.650. The first-order valence-electron chi connectivity index (χ1n) is 15.3. The quantitative estimate of drug-likeness (QED) is 0.196. The lowest BCUT2D eigenvalue weighted by Gasteiger charge is -2.10. The van der Waals surface area contributed by atoms with Gasteiger partial charge in [-0.25, -0.2) is 9.97 Å². The van der Waals surface area contributed by atoms with E-state index in [4.69, 9.17) is 18.8 Å². The van der Waals surface area contributed by atoms with Crippen LogP contribution in [0.1, 0.15) is 0 Å². The Kier molecular flexibility index (Phi) is 4.66. The minimum absolute atomic E-state index is 0.650. The lowest BCUT2D eigenvalue weighted by Crippen LogP contribution is -2.02. The Morgan fingerprint density at radius 2 is 1.17 bits per heavy atom. The Morgan fingerprint density at radius 3 is 2.00 bits per heavy atom. The molecule has 0 fully saturated rings. The summed E-state index contributed by atoms with van der Waals surface area (Å²) in [6, 6.07) is 44.1. The first-order valence-corrected chi connectivity index (χ1v) is 16.1. The zero-order chi connectivity index (χ0) is 29.9. The first kappa shape index (κ1) is 24.4. The molecule has 214 valence electrons. The predicted molar refractivity (Wildman–Crippen MR) is 189 cm³/mol. The standard InChI is InChI=1S/C40H21N3O2S/c1-5-15-28-22(10-1)23-11-2-6-16-29(23)43(28)40-41-36-25-13-4-8-19-33(25)46-39(36)37(42-40)26-14-9-18-31-34(26)27-20-21-32-35(38(27)45-31)24-12-3-7-17-30(24)44-32/h1-21H. The molecular weight excluding hydrogens is 587 g/mol. The molecule has 6 aromatic carbocycles. The van der Waals surface area contributed by atoms with E-state index < -0.39 is 0 Å². The van der Waals surface area contributed by atoms with Crippen LogP contribution in [0, 0.1) is 0 Å². The summed E-state index contributed by atoms with van der Waals surface area (Å²) >= 11 is 1.74. The van der Waals surface area contributed by atoms with Crippen molar-refractivity contribution in [2.75, 3.05) is 0 Å². The molecule has 0 saturated heterocycles. The molecule has 0 aliphatic rings. The number of nitrogens with zero attached hydrogens (tertiary/aromatic N) is 3. The van der Waals surface area contributed by atoms with Crippen LogP contribution in [-0.4, -0.2) is 14.5 Å². The van der Waals surface area contributed by atoms with Crippen LogP contribution < -0.4 is 0 Å². The molecule has 0 saturated carbocycles. The third-order valence-corrected chi connectivity index (χ3v) is 10.4. The van der Waals surface area contributed by atoms with Crippen molar-refractivity contribution in [2.24, 2.45) is 0 Å². The zero-order valence-electron chi connectivity index (χ0n) is 24.2. The van der Waals surface area contributed by atoms with Gasteiger partial charge in [-0.05, 0) is 42.5 Å². The van der Waals surface area contributed by atoms with Crippen molar-refractivity contribution >= 4 is 97.3 Å². The number of hydrogen-bond acceptors (Lipinski definition) is 5. The predicted octanol–water partition coefficient (Wildman–Crippen LogP) is 11.4. The number of furan rings is 2. The maximum absolute atomic E-state index is 6.68. The van der Waals surface area contributed by atoms with E-state index in [0.717, 1.165) is 81.8 Å². The van der Waals surface area contributed by atoms with E-state index >= 15 is 0 Å². The highest BCUT2D eigenvalue weighted by atomic mass is 32.1. The maximum Gasteiger partial charge on any atom is 0.235 e. The Balaban J connectivity index is 1.29. The number of rotatable bonds is 2. The molecule has 5 heterocycles. The number of thiophene rings is 1. The van der Waals surface area contributed by atoms with E-state index in [1.807, 2.05) is 24.3 Å². The van der Waals surface area contributed by atoms with Gasteiger partial charge in [0.15, 0.2) is 0 Å². The SMILES string of the molecule is c1ccc2c(c1)oc1ccc3c(oc4cccc(-c5nc(-n6c7ccccc7c7ccccc76)nc6c5sc5ccccc56)c43)c12. The molecule has 0 unspecified atom stereocenters. The van der Waals surface area contributed by atoms with Crippen molar-refractivity contribution in [3.05, 3.63) is 127 Å². The molecule has 0 amide bonds. The van der Waals surface area contributed by atoms with Crippen molar-refractivity contribution in [3.63, 3.8) is 0 Å². The van der Waals surface area contributed by atoms with Gasteiger partial charge in [0.05, 0.1) is 32.3 Å². The van der Waals surface area contributed by atoms with Crippen LogP contribution in [0.3, 0.4) is 0 Å². The molecule has 0 N–H and O–H groups in total. The van der Waals surface area contributed by atoms with Gasteiger partial charge in [0.1, 0.15) is 22.3 Å². The van der Waals surface area contributed by atoms with Gasteiger partial charge in [-0.15, -0.1) is 11.3 Å². The molecule has 5 aromatic heterocycles. The number of aromatic nitrogens is 3. The number of fused-ring (bicyclic) bond motifs is 13. The van der Waals surface area contributed by atoms with Gasteiger partial charge >= 0.3 is 0 Å². The van der Waals surface area contributed by atoms with Crippen molar-refractivity contribution in [3.8, 4) is 17.2 Å². The Labute approximate surface area is 264 Å². The lowest BCUT2D eigenvalue weighted by atomic mass is 10.0. The van der Waals surface area contributed by atoms with Gasteiger partial charge < -0.3 is 8.83 Å². The molecule has 0 spiro atoms. The Hall–Kier alpha value is -5.98. The lowest BCUT2D eigenvalue weighted by molar-refractivity contribution is 0.663. The Morgan fingerprint density at radius 1 is 0.500 bits per heavy atom. The molecule has 0 aliphatic carbocycles. The third kappa shape index (κ3) is 3.13. The van der Waals surface area contributed by atoms with Gasteiger partial charge in [-0.1, -0.05) is 84.9 Å². The fourth-order valence-electron chi connectivity index (χ4n) is 7.29. The van der Waals surface area contributed by atoms with Crippen LogP contribution in [0.2, 0.25) is 0 Å². The molecule has 11 rings (SSSR count). The molecule has 6 heteroatoms. The van der Waals surface area contributed by atoms with E-state index in [2.05, 4.69) is 108 Å². The number of para-hydroxylation sites is 3. The van der Waals surface area contributed by atoms with E-state index in [1.165, 1.54) is 15.5 Å². The van der Waals surface area contributed by atoms with Crippen molar-refractivity contribution in [2.45, 2.75) is 0 Å². The zero-order valence-corrected chi connectivity index (χ0v) is 25.0. The summed E-state index contributed by atoms with van der Waals surface area (Å²) < 4.78 is 17.3. The second-order valence-electron chi connectivity index (χ2n) is 11.7. The van der Waals surface area contributed by atoms with Crippen LogP contribution >= 0.6 is 11.3 Å².